The van der Waals surface area contributed by atoms with Gasteiger partial charge in [-0.3, -0.25) is 0 Å². The minimum Gasteiger partial charge on any atom is -0.380 e. The lowest BCUT2D eigenvalue weighted by Crippen LogP contribution is -2.32. The predicted octanol–water partition coefficient (Wildman–Crippen LogP) is 11.0. The monoisotopic (exact) mass is 534 g/mol. The average molecular weight is 535 g/mol. The Balaban J connectivity index is 1.30. The zero-order chi connectivity index (χ0) is 28.6. The maximum Gasteiger partial charge on any atom is 0.0385 e. The van der Waals surface area contributed by atoms with Crippen LogP contribution < -0.4 is 21.3 Å². The summed E-state index contributed by atoms with van der Waals surface area (Å²) in [5.41, 5.74) is 9.34. The van der Waals surface area contributed by atoms with E-state index < -0.39 is 0 Å². The first-order chi connectivity index (χ1) is 19.3. The zero-order valence-electron chi connectivity index (χ0n) is 25.1. The fraction of sp³-hybridized carbons (Fsp3) is 0.333. The molecule has 4 rings (SSSR count). The van der Waals surface area contributed by atoms with Crippen LogP contribution in [0.15, 0.2) is 97.1 Å². The maximum atomic E-state index is 3.66. The molecule has 0 aromatic heterocycles. The fourth-order valence-electron chi connectivity index (χ4n) is 4.80. The molecule has 0 saturated carbocycles. The molecule has 0 aliphatic rings. The van der Waals surface area contributed by atoms with Gasteiger partial charge in [-0.05, 0) is 129 Å². The molecular weight excluding hydrogens is 488 g/mol. The van der Waals surface area contributed by atoms with Gasteiger partial charge in [0.25, 0.3) is 0 Å². The summed E-state index contributed by atoms with van der Waals surface area (Å²) in [5, 5.41) is 14.2. The molecule has 4 nitrogen and oxygen atoms in total. The van der Waals surface area contributed by atoms with Gasteiger partial charge in [-0.15, -0.1) is 0 Å². The molecule has 40 heavy (non-hydrogen) atoms. The van der Waals surface area contributed by atoms with Crippen molar-refractivity contribution in [2.24, 2.45) is 0 Å². The van der Waals surface area contributed by atoms with Crippen molar-refractivity contribution in [2.45, 2.75) is 78.2 Å². The van der Waals surface area contributed by atoms with E-state index in [2.05, 4.69) is 160 Å². The summed E-state index contributed by atoms with van der Waals surface area (Å²) in [6.45, 7) is 13.6. The normalized spacial score (nSPS) is 11.7. The number of nitrogens with one attached hydrogen (secondary N) is 4. The molecule has 4 heteroatoms. The van der Waals surface area contributed by atoms with E-state index >= 15 is 0 Å². The van der Waals surface area contributed by atoms with Gasteiger partial charge in [0, 0.05) is 45.4 Å². The van der Waals surface area contributed by atoms with Gasteiger partial charge in [-0.2, -0.15) is 0 Å². The van der Waals surface area contributed by atoms with E-state index in [-0.39, 0.29) is 11.0 Å². The Labute approximate surface area is 241 Å². The average Bonchev–Trinajstić information content (AvgIpc) is 3.00. The van der Waals surface area contributed by atoms with Crippen LogP contribution in [-0.2, 0) is 5.41 Å². The molecule has 0 amide bonds. The van der Waals surface area contributed by atoms with Crippen molar-refractivity contribution in [3.8, 4) is 0 Å². The summed E-state index contributed by atoms with van der Waals surface area (Å²) in [4.78, 5) is 0. The molecule has 4 aromatic rings. The molecule has 4 aromatic carbocycles. The first kappa shape index (κ1) is 29.1. The van der Waals surface area contributed by atoms with E-state index in [1.54, 1.807) is 0 Å². The molecule has 0 unspecified atom stereocenters. The molecule has 0 fully saturated rings. The summed E-state index contributed by atoms with van der Waals surface area (Å²) in [7, 11) is 0. The van der Waals surface area contributed by atoms with E-state index in [0.717, 1.165) is 65.5 Å². The highest BCUT2D eigenvalue weighted by Gasteiger charge is 2.22. The standard InChI is InChI=1S/C36H46N4/c1-7-35(5,8-2)27-11-13-28(14-12-27)37-29-15-17-30(18-16-29)38-31-19-21-32(22-20-31)39-33-23-25-34(26-24-33)40-36(6,9-3)10-4/h11-26,37-40H,7-10H2,1-6H3. The van der Waals surface area contributed by atoms with E-state index in [0.29, 0.717) is 0 Å². The summed E-state index contributed by atoms with van der Waals surface area (Å²) in [6.07, 6.45) is 4.48. The molecule has 4 N–H and O–H groups in total. The van der Waals surface area contributed by atoms with E-state index in [9.17, 15) is 0 Å². The molecule has 210 valence electrons. The van der Waals surface area contributed by atoms with Gasteiger partial charge in [-0.25, -0.2) is 0 Å². The molecular formula is C36H46N4. The van der Waals surface area contributed by atoms with Crippen LogP contribution in [0, 0.1) is 0 Å². The van der Waals surface area contributed by atoms with Crippen molar-refractivity contribution in [1.29, 1.82) is 0 Å². The van der Waals surface area contributed by atoms with Crippen LogP contribution in [0.2, 0.25) is 0 Å². The van der Waals surface area contributed by atoms with Crippen LogP contribution in [-0.4, -0.2) is 5.54 Å². The Morgan fingerprint density at radius 3 is 0.950 bits per heavy atom. The number of rotatable bonds is 13. The van der Waals surface area contributed by atoms with E-state index in [4.69, 9.17) is 0 Å². The molecule has 0 aliphatic carbocycles. The van der Waals surface area contributed by atoms with Gasteiger partial charge in [-0.1, -0.05) is 46.8 Å². The number of anilines is 7. The second kappa shape index (κ2) is 13.0. The SMILES string of the molecule is CCC(C)(CC)Nc1ccc(Nc2ccc(Nc3ccc(Nc4ccc(C(C)(CC)CC)cc4)cc3)cc2)cc1. The van der Waals surface area contributed by atoms with Crippen LogP contribution in [0.4, 0.5) is 39.8 Å². The Bertz CT molecular complexity index is 1320. The van der Waals surface area contributed by atoms with Gasteiger partial charge in [0.1, 0.15) is 0 Å². The van der Waals surface area contributed by atoms with E-state index in [1.807, 2.05) is 0 Å². The summed E-state index contributed by atoms with van der Waals surface area (Å²) in [5.74, 6) is 0. The highest BCUT2D eigenvalue weighted by Crippen LogP contribution is 2.32. The Hall–Kier alpha value is -3.92. The van der Waals surface area contributed by atoms with Gasteiger partial charge >= 0.3 is 0 Å². The van der Waals surface area contributed by atoms with Crippen molar-refractivity contribution >= 4 is 39.8 Å². The van der Waals surface area contributed by atoms with Crippen molar-refractivity contribution in [3.05, 3.63) is 103 Å². The lowest BCUT2D eigenvalue weighted by atomic mass is 9.78. The van der Waals surface area contributed by atoms with Gasteiger partial charge in [0.05, 0.1) is 0 Å². The van der Waals surface area contributed by atoms with Crippen LogP contribution in [0.3, 0.4) is 0 Å². The molecule has 0 saturated heterocycles. The lowest BCUT2D eigenvalue weighted by Gasteiger charge is -2.29. The van der Waals surface area contributed by atoms with Crippen LogP contribution in [0.25, 0.3) is 0 Å². The summed E-state index contributed by atoms with van der Waals surface area (Å²) < 4.78 is 0. The Morgan fingerprint density at radius 2 is 0.675 bits per heavy atom. The predicted molar refractivity (Wildman–Crippen MR) is 176 cm³/mol. The minimum absolute atomic E-state index is 0.131. The summed E-state index contributed by atoms with van der Waals surface area (Å²) >= 11 is 0. The third-order valence-electron chi connectivity index (χ3n) is 8.67. The minimum atomic E-state index is 0.131. The Morgan fingerprint density at radius 1 is 0.400 bits per heavy atom. The van der Waals surface area contributed by atoms with Crippen molar-refractivity contribution in [2.75, 3.05) is 21.3 Å². The van der Waals surface area contributed by atoms with Crippen LogP contribution >= 0.6 is 0 Å². The molecule has 0 bridgehead atoms. The highest BCUT2D eigenvalue weighted by atomic mass is 15.0. The third kappa shape index (κ3) is 7.38. The smallest absolute Gasteiger partial charge is 0.0385 e. The molecule has 0 heterocycles. The van der Waals surface area contributed by atoms with Crippen LogP contribution in [0.1, 0.15) is 72.8 Å². The fourth-order valence-corrected chi connectivity index (χ4v) is 4.80. The number of benzene rings is 4. The van der Waals surface area contributed by atoms with Gasteiger partial charge in [0.2, 0.25) is 0 Å². The number of hydrogen-bond acceptors (Lipinski definition) is 4. The van der Waals surface area contributed by atoms with Crippen molar-refractivity contribution < 1.29 is 0 Å². The topological polar surface area (TPSA) is 48.1 Å². The summed E-state index contributed by atoms with van der Waals surface area (Å²) in [6, 6.07) is 34.2. The third-order valence-corrected chi connectivity index (χ3v) is 8.67. The number of hydrogen-bond donors (Lipinski definition) is 4. The lowest BCUT2D eigenvalue weighted by molar-refractivity contribution is 0.439. The van der Waals surface area contributed by atoms with Crippen molar-refractivity contribution in [3.63, 3.8) is 0 Å². The first-order valence-corrected chi connectivity index (χ1v) is 14.8. The molecule has 0 atom stereocenters. The maximum absolute atomic E-state index is 3.66. The highest BCUT2D eigenvalue weighted by molar-refractivity contribution is 5.69. The van der Waals surface area contributed by atoms with Crippen LogP contribution in [0.5, 0.6) is 0 Å². The van der Waals surface area contributed by atoms with Gasteiger partial charge in [0.15, 0.2) is 0 Å². The second-order valence-corrected chi connectivity index (χ2v) is 11.3. The largest absolute Gasteiger partial charge is 0.380 e. The first-order valence-electron chi connectivity index (χ1n) is 14.8. The van der Waals surface area contributed by atoms with Crippen molar-refractivity contribution in [1.82, 2.24) is 0 Å². The van der Waals surface area contributed by atoms with Gasteiger partial charge < -0.3 is 21.3 Å². The Kier molecular flexibility index (Phi) is 9.42. The van der Waals surface area contributed by atoms with E-state index in [1.165, 1.54) is 5.56 Å². The zero-order valence-corrected chi connectivity index (χ0v) is 25.1. The molecule has 0 radical (unpaired) electrons. The quantitative estimate of drug-likeness (QED) is 0.138. The second-order valence-electron chi connectivity index (χ2n) is 11.3. The molecule has 0 aliphatic heterocycles. The molecule has 0 spiro atoms.